The number of carboxylic acids is 1. The fourth-order valence-electron chi connectivity index (χ4n) is 2.24. The molecule has 1 unspecified atom stereocenters. The number of hydrogen-bond donors (Lipinski definition) is 2. The third kappa shape index (κ3) is 3.90. The quantitative estimate of drug-likeness (QED) is 0.699. The molecule has 0 aliphatic heterocycles. The highest BCUT2D eigenvalue weighted by molar-refractivity contribution is 5.82. The highest BCUT2D eigenvalue weighted by Crippen LogP contribution is 2.25. The maximum atomic E-state index is 11.0. The summed E-state index contributed by atoms with van der Waals surface area (Å²) in [5, 5.41) is 11.6. The number of hydrogen-bond acceptors (Lipinski definition) is 2. The van der Waals surface area contributed by atoms with Crippen LogP contribution in [0.1, 0.15) is 45.4 Å². The topological polar surface area (TPSA) is 66.4 Å². The first-order valence-corrected chi connectivity index (χ1v) is 5.61. The highest BCUT2D eigenvalue weighted by Gasteiger charge is 2.28. The van der Waals surface area contributed by atoms with Crippen LogP contribution in [0.4, 0.5) is 0 Å². The minimum absolute atomic E-state index is 0.105. The SMILES string of the molecule is CC(=O)NC(C(=O)O)C1CCCCCC1. The van der Waals surface area contributed by atoms with E-state index in [2.05, 4.69) is 5.32 Å². The van der Waals surface area contributed by atoms with E-state index in [0.717, 1.165) is 25.7 Å². The Kier molecular flexibility index (Phi) is 4.59. The van der Waals surface area contributed by atoms with Gasteiger partial charge in [-0.2, -0.15) is 0 Å². The van der Waals surface area contributed by atoms with Crippen LogP contribution in [0.2, 0.25) is 0 Å². The van der Waals surface area contributed by atoms with Gasteiger partial charge in [-0.1, -0.05) is 25.7 Å². The maximum absolute atomic E-state index is 11.0. The zero-order valence-electron chi connectivity index (χ0n) is 9.16. The summed E-state index contributed by atoms with van der Waals surface area (Å²) in [7, 11) is 0. The van der Waals surface area contributed by atoms with E-state index < -0.39 is 12.0 Å². The first-order chi connectivity index (χ1) is 7.11. The molecule has 4 heteroatoms. The highest BCUT2D eigenvalue weighted by atomic mass is 16.4. The van der Waals surface area contributed by atoms with Crippen LogP contribution in [-0.2, 0) is 9.59 Å². The van der Waals surface area contributed by atoms with Crippen LogP contribution < -0.4 is 5.32 Å². The van der Waals surface area contributed by atoms with Crippen molar-refractivity contribution in [2.24, 2.45) is 5.92 Å². The molecule has 0 aromatic heterocycles. The third-order valence-electron chi connectivity index (χ3n) is 3.00. The molecule has 1 atom stereocenters. The molecule has 2 N–H and O–H groups in total. The molecule has 0 heterocycles. The minimum atomic E-state index is -0.905. The number of aliphatic carboxylic acids is 1. The standard InChI is InChI=1S/C11H19NO3/c1-8(13)12-10(11(14)15)9-6-4-2-3-5-7-9/h9-10H,2-7H2,1H3,(H,12,13)(H,14,15). The molecule has 0 bridgehead atoms. The van der Waals surface area contributed by atoms with Gasteiger partial charge in [-0.15, -0.1) is 0 Å². The Morgan fingerprint density at radius 1 is 1.20 bits per heavy atom. The molecule has 1 fully saturated rings. The van der Waals surface area contributed by atoms with Crippen LogP contribution in [0, 0.1) is 5.92 Å². The number of carbonyl (C=O) groups is 2. The smallest absolute Gasteiger partial charge is 0.326 e. The second-order valence-electron chi connectivity index (χ2n) is 4.27. The lowest BCUT2D eigenvalue weighted by Crippen LogP contribution is -2.45. The molecular weight excluding hydrogens is 194 g/mol. The second-order valence-corrected chi connectivity index (χ2v) is 4.27. The third-order valence-corrected chi connectivity index (χ3v) is 3.00. The molecule has 1 aliphatic rings. The Hall–Kier alpha value is -1.06. The van der Waals surface area contributed by atoms with Gasteiger partial charge in [0.1, 0.15) is 6.04 Å². The second kappa shape index (κ2) is 5.73. The van der Waals surface area contributed by atoms with Gasteiger partial charge in [0.2, 0.25) is 5.91 Å². The minimum Gasteiger partial charge on any atom is -0.480 e. The van der Waals surface area contributed by atoms with Crippen LogP contribution in [0.15, 0.2) is 0 Å². The molecule has 1 saturated carbocycles. The molecule has 0 radical (unpaired) electrons. The van der Waals surface area contributed by atoms with Crippen LogP contribution in [0.5, 0.6) is 0 Å². The molecule has 1 amide bonds. The van der Waals surface area contributed by atoms with Crippen molar-refractivity contribution >= 4 is 11.9 Å². The van der Waals surface area contributed by atoms with Crippen molar-refractivity contribution in [2.75, 3.05) is 0 Å². The Labute approximate surface area is 90.0 Å². The number of nitrogens with one attached hydrogen (secondary N) is 1. The van der Waals surface area contributed by atoms with Crippen molar-refractivity contribution in [2.45, 2.75) is 51.5 Å². The van der Waals surface area contributed by atoms with E-state index >= 15 is 0 Å². The van der Waals surface area contributed by atoms with Crippen molar-refractivity contribution < 1.29 is 14.7 Å². The summed E-state index contributed by atoms with van der Waals surface area (Å²) in [6, 6.07) is -0.694. The Morgan fingerprint density at radius 3 is 2.13 bits per heavy atom. The lowest BCUT2D eigenvalue weighted by Gasteiger charge is -2.22. The molecule has 0 saturated heterocycles. The largest absolute Gasteiger partial charge is 0.480 e. The van der Waals surface area contributed by atoms with Gasteiger partial charge in [0, 0.05) is 6.92 Å². The maximum Gasteiger partial charge on any atom is 0.326 e. The summed E-state index contributed by atoms with van der Waals surface area (Å²) in [6.07, 6.45) is 6.35. The average Bonchev–Trinajstić information content (AvgIpc) is 2.41. The molecule has 0 spiro atoms. The first kappa shape index (κ1) is 12.0. The Morgan fingerprint density at radius 2 is 1.73 bits per heavy atom. The van der Waals surface area contributed by atoms with Crippen LogP contribution in [0.25, 0.3) is 0 Å². The van der Waals surface area contributed by atoms with Crippen LogP contribution in [-0.4, -0.2) is 23.0 Å². The van der Waals surface area contributed by atoms with Crippen molar-refractivity contribution in [3.63, 3.8) is 0 Å². The van der Waals surface area contributed by atoms with Gasteiger partial charge in [-0.3, -0.25) is 4.79 Å². The first-order valence-electron chi connectivity index (χ1n) is 5.61. The zero-order valence-corrected chi connectivity index (χ0v) is 9.16. The lowest BCUT2D eigenvalue weighted by atomic mass is 9.92. The zero-order chi connectivity index (χ0) is 11.3. The molecule has 0 aromatic carbocycles. The number of carbonyl (C=O) groups excluding carboxylic acids is 1. The van der Waals surface area contributed by atoms with E-state index in [9.17, 15) is 9.59 Å². The monoisotopic (exact) mass is 213 g/mol. The van der Waals surface area contributed by atoms with Gasteiger partial charge in [0.05, 0.1) is 0 Å². The summed E-state index contributed by atoms with van der Waals surface area (Å²) in [5.74, 6) is -1.06. The summed E-state index contributed by atoms with van der Waals surface area (Å²) in [4.78, 5) is 21.9. The van der Waals surface area contributed by atoms with E-state index in [-0.39, 0.29) is 11.8 Å². The van der Waals surface area contributed by atoms with Gasteiger partial charge < -0.3 is 10.4 Å². The normalized spacial score (nSPS) is 20.3. The molecular formula is C11H19NO3. The molecule has 1 aliphatic carbocycles. The van der Waals surface area contributed by atoms with E-state index in [0.29, 0.717) is 0 Å². The van der Waals surface area contributed by atoms with E-state index in [1.165, 1.54) is 19.8 Å². The summed E-state index contributed by atoms with van der Waals surface area (Å²) in [5.41, 5.74) is 0. The summed E-state index contributed by atoms with van der Waals surface area (Å²) in [6.45, 7) is 1.37. The van der Waals surface area contributed by atoms with Gasteiger partial charge in [0.15, 0.2) is 0 Å². The molecule has 0 aromatic rings. The molecule has 4 nitrogen and oxygen atoms in total. The van der Waals surface area contributed by atoms with Crippen LogP contribution >= 0.6 is 0 Å². The Bertz CT molecular complexity index is 232. The van der Waals surface area contributed by atoms with Gasteiger partial charge in [-0.05, 0) is 18.8 Å². The van der Waals surface area contributed by atoms with Gasteiger partial charge in [0.25, 0.3) is 0 Å². The van der Waals surface area contributed by atoms with E-state index in [1.54, 1.807) is 0 Å². The Balaban J connectivity index is 2.60. The average molecular weight is 213 g/mol. The van der Waals surface area contributed by atoms with Crippen molar-refractivity contribution in [3.05, 3.63) is 0 Å². The fourth-order valence-corrected chi connectivity index (χ4v) is 2.24. The van der Waals surface area contributed by atoms with Crippen LogP contribution in [0.3, 0.4) is 0 Å². The van der Waals surface area contributed by atoms with Crippen molar-refractivity contribution in [3.8, 4) is 0 Å². The number of rotatable bonds is 3. The summed E-state index contributed by atoms with van der Waals surface area (Å²) >= 11 is 0. The fraction of sp³-hybridized carbons (Fsp3) is 0.818. The van der Waals surface area contributed by atoms with E-state index in [1.807, 2.05) is 0 Å². The van der Waals surface area contributed by atoms with E-state index in [4.69, 9.17) is 5.11 Å². The van der Waals surface area contributed by atoms with Gasteiger partial charge >= 0.3 is 5.97 Å². The molecule has 15 heavy (non-hydrogen) atoms. The number of carboxylic acid groups (broad SMARTS) is 1. The summed E-state index contributed by atoms with van der Waals surface area (Å²) < 4.78 is 0. The van der Waals surface area contributed by atoms with Gasteiger partial charge in [-0.25, -0.2) is 4.79 Å². The predicted molar refractivity (Wildman–Crippen MR) is 56.4 cm³/mol. The lowest BCUT2D eigenvalue weighted by molar-refractivity contribution is -0.143. The van der Waals surface area contributed by atoms with Crippen molar-refractivity contribution in [1.82, 2.24) is 5.32 Å². The molecule has 1 rings (SSSR count). The van der Waals surface area contributed by atoms with Crippen molar-refractivity contribution in [1.29, 1.82) is 0 Å². The predicted octanol–water partition coefficient (Wildman–Crippen LogP) is 1.55. The number of amides is 1. The molecule has 86 valence electrons.